The van der Waals surface area contributed by atoms with Crippen LogP contribution >= 0.6 is 11.6 Å². The lowest BCUT2D eigenvalue weighted by atomic mass is 10.1. The third-order valence-corrected chi connectivity index (χ3v) is 2.94. The van der Waals surface area contributed by atoms with Crippen LogP contribution in [-0.2, 0) is 11.2 Å². The minimum atomic E-state index is -0.269. The van der Waals surface area contributed by atoms with E-state index in [1.54, 1.807) is 36.4 Å². The standard InChI is InChI=1S/C14H13ClN2O2/c15-11-6-5-10(16)8-12(11)17-14(19)7-9-3-1-2-4-13(9)18/h1-6,8,18H,7,16H2,(H,17,19). The summed E-state index contributed by atoms with van der Waals surface area (Å²) in [6.07, 6.45) is 0.0673. The van der Waals surface area contributed by atoms with Crippen LogP contribution < -0.4 is 11.1 Å². The zero-order valence-electron chi connectivity index (χ0n) is 10.1. The van der Waals surface area contributed by atoms with Crippen molar-refractivity contribution in [2.45, 2.75) is 6.42 Å². The van der Waals surface area contributed by atoms with E-state index in [2.05, 4.69) is 5.32 Å². The Kier molecular flexibility index (Phi) is 3.92. The number of hydrogen-bond acceptors (Lipinski definition) is 3. The molecule has 0 spiro atoms. The summed E-state index contributed by atoms with van der Waals surface area (Å²) in [5.41, 5.74) is 7.16. The Morgan fingerprint density at radius 1 is 1.26 bits per heavy atom. The van der Waals surface area contributed by atoms with Crippen LogP contribution in [0.15, 0.2) is 42.5 Å². The monoisotopic (exact) mass is 276 g/mol. The lowest BCUT2D eigenvalue weighted by Gasteiger charge is -2.08. The third kappa shape index (κ3) is 3.39. The largest absolute Gasteiger partial charge is 0.508 e. The van der Waals surface area contributed by atoms with Crippen molar-refractivity contribution < 1.29 is 9.90 Å². The molecular formula is C14H13ClN2O2. The van der Waals surface area contributed by atoms with Crippen LogP contribution in [0.1, 0.15) is 5.56 Å². The van der Waals surface area contributed by atoms with Crippen LogP contribution in [0, 0.1) is 0 Å². The summed E-state index contributed by atoms with van der Waals surface area (Å²) in [6, 6.07) is 11.5. The average Bonchev–Trinajstić information content (AvgIpc) is 2.37. The Hall–Kier alpha value is -2.20. The minimum Gasteiger partial charge on any atom is -0.508 e. The number of benzene rings is 2. The number of phenols is 1. The van der Waals surface area contributed by atoms with Crippen LogP contribution in [0.4, 0.5) is 11.4 Å². The second-order valence-corrected chi connectivity index (χ2v) is 4.50. The van der Waals surface area contributed by atoms with Gasteiger partial charge in [-0.15, -0.1) is 0 Å². The summed E-state index contributed by atoms with van der Waals surface area (Å²) >= 11 is 5.95. The maximum absolute atomic E-state index is 11.9. The molecule has 0 aliphatic carbocycles. The van der Waals surface area contributed by atoms with Gasteiger partial charge in [-0.2, -0.15) is 0 Å². The molecule has 0 saturated heterocycles. The smallest absolute Gasteiger partial charge is 0.228 e. The van der Waals surface area contributed by atoms with E-state index in [1.807, 2.05) is 0 Å². The number of para-hydroxylation sites is 1. The zero-order chi connectivity index (χ0) is 13.8. The summed E-state index contributed by atoms with van der Waals surface area (Å²) in [5, 5.41) is 12.7. The summed E-state index contributed by atoms with van der Waals surface area (Å²) in [6.45, 7) is 0. The van der Waals surface area contributed by atoms with E-state index >= 15 is 0 Å². The van der Waals surface area contributed by atoms with Crippen molar-refractivity contribution in [2.24, 2.45) is 0 Å². The number of nitrogen functional groups attached to an aromatic ring is 1. The SMILES string of the molecule is Nc1ccc(Cl)c(NC(=O)Cc2ccccc2O)c1. The molecule has 19 heavy (non-hydrogen) atoms. The van der Waals surface area contributed by atoms with E-state index in [0.717, 1.165) is 0 Å². The van der Waals surface area contributed by atoms with Crippen LogP contribution in [0.25, 0.3) is 0 Å². The fourth-order valence-corrected chi connectivity index (χ4v) is 1.83. The van der Waals surface area contributed by atoms with Gasteiger partial charge in [-0.1, -0.05) is 29.8 Å². The van der Waals surface area contributed by atoms with Crippen molar-refractivity contribution in [3.63, 3.8) is 0 Å². The van der Waals surface area contributed by atoms with E-state index in [0.29, 0.717) is 22.0 Å². The van der Waals surface area contributed by atoms with E-state index in [1.165, 1.54) is 6.07 Å². The molecule has 0 bridgehead atoms. The van der Waals surface area contributed by atoms with Crippen LogP contribution in [0.5, 0.6) is 5.75 Å². The fourth-order valence-electron chi connectivity index (χ4n) is 1.67. The number of nitrogens with two attached hydrogens (primary N) is 1. The van der Waals surface area contributed by atoms with Gasteiger partial charge >= 0.3 is 0 Å². The zero-order valence-corrected chi connectivity index (χ0v) is 10.8. The van der Waals surface area contributed by atoms with Crippen LogP contribution in [-0.4, -0.2) is 11.0 Å². The number of amides is 1. The summed E-state index contributed by atoms with van der Waals surface area (Å²) in [7, 11) is 0. The number of rotatable bonds is 3. The quantitative estimate of drug-likeness (QED) is 0.755. The summed E-state index contributed by atoms with van der Waals surface area (Å²) in [5.74, 6) is -0.176. The summed E-state index contributed by atoms with van der Waals surface area (Å²) in [4.78, 5) is 11.9. The number of anilines is 2. The minimum absolute atomic E-state index is 0.0673. The van der Waals surface area contributed by atoms with Gasteiger partial charge in [0.25, 0.3) is 0 Å². The molecule has 0 aliphatic heterocycles. The van der Waals surface area contributed by atoms with Gasteiger partial charge in [0.2, 0.25) is 5.91 Å². The van der Waals surface area contributed by atoms with Gasteiger partial charge in [-0.25, -0.2) is 0 Å². The highest BCUT2D eigenvalue weighted by Crippen LogP contribution is 2.24. The Morgan fingerprint density at radius 2 is 2.00 bits per heavy atom. The highest BCUT2D eigenvalue weighted by Gasteiger charge is 2.09. The van der Waals surface area contributed by atoms with Crippen molar-refractivity contribution in [3.05, 3.63) is 53.1 Å². The van der Waals surface area contributed by atoms with Crippen LogP contribution in [0.2, 0.25) is 5.02 Å². The molecule has 0 heterocycles. The molecule has 2 aromatic rings. The molecule has 0 saturated carbocycles. The average molecular weight is 277 g/mol. The maximum atomic E-state index is 11.9. The molecule has 2 rings (SSSR count). The lowest BCUT2D eigenvalue weighted by Crippen LogP contribution is -2.14. The van der Waals surface area contributed by atoms with Crippen molar-refractivity contribution >= 4 is 28.9 Å². The molecule has 98 valence electrons. The number of phenolic OH excluding ortho intramolecular Hbond substituents is 1. The number of carbonyl (C=O) groups is 1. The van der Waals surface area contributed by atoms with Gasteiger partial charge < -0.3 is 16.2 Å². The normalized spacial score (nSPS) is 10.2. The number of carbonyl (C=O) groups excluding carboxylic acids is 1. The molecule has 1 amide bonds. The first-order valence-corrected chi connectivity index (χ1v) is 6.06. The molecule has 5 heteroatoms. The molecule has 0 atom stereocenters. The molecular weight excluding hydrogens is 264 g/mol. The van der Waals surface area contributed by atoms with Crippen molar-refractivity contribution in [2.75, 3.05) is 11.1 Å². The first kappa shape index (κ1) is 13.2. The number of halogens is 1. The Labute approximate surface area is 115 Å². The third-order valence-electron chi connectivity index (χ3n) is 2.61. The molecule has 0 aromatic heterocycles. The van der Waals surface area contributed by atoms with E-state index in [9.17, 15) is 9.90 Å². The lowest BCUT2D eigenvalue weighted by molar-refractivity contribution is -0.115. The molecule has 0 fully saturated rings. The van der Waals surface area contributed by atoms with Gasteiger partial charge in [0, 0.05) is 11.3 Å². The van der Waals surface area contributed by atoms with Gasteiger partial charge in [0.15, 0.2) is 0 Å². The van der Waals surface area contributed by atoms with Crippen molar-refractivity contribution in [1.82, 2.24) is 0 Å². The predicted molar refractivity (Wildman–Crippen MR) is 76.3 cm³/mol. The highest BCUT2D eigenvalue weighted by atomic mass is 35.5. The number of aromatic hydroxyl groups is 1. The maximum Gasteiger partial charge on any atom is 0.228 e. The van der Waals surface area contributed by atoms with Gasteiger partial charge in [-0.05, 0) is 24.3 Å². The van der Waals surface area contributed by atoms with Gasteiger partial charge in [0.1, 0.15) is 5.75 Å². The Morgan fingerprint density at radius 3 is 2.74 bits per heavy atom. The topological polar surface area (TPSA) is 75.3 Å². The number of hydrogen-bond donors (Lipinski definition) is 3. The second kappa shape index (κ2) is 5.63. The van der Waals surface area contributed by atoms with Gasteiger partial charge in [0.05, 0.1) is 17.1 Å². The Balaban J connectivity index is 2.10. The summed E-state index contributed by atoms with van der Waals surface area (Å²) < 4.78 is 0. The van der Waals surface area contributed by atoms with E-state index in [-0.39, 0.29) is 18.1 Å². The van der Waals surface area contributed by atoms with Gasteiger partial charge in [-0.3, -0.25) is 4.79 Å². The van der Waals surface area contributed by atoms with Crippen molar-refractivity contribution in [1.29, 1.82) is 0 Å². The number of nitrogens with one attached hydrogen (secondary N) is 1. The predicted octanol–water partition coefficient (Wildman–Crippen LogP) is 2.81. The molecule has 0 radical (unpaired) electrons. The molecule has 4 N–H and O–H groups in total. The Bertz CT molecular complexity index is 614. The van der Waals surface area contributed by atoms with Crippen LogP contribution in [0.3, 0.4) is 0 Å². The second-order valence-electron chi connectivity index (χ2n) is 4.09. The fraction of sp³-hybridized carbons (Fsp3) is 0.0714. The molecule has 0 aliphatic rings. The molecule has 4 nitrogen and oxygen atoms in total. The van der Waals surface area contributed by atoms with E-state index in [4.69, 9.17) is 17.3 Å². The first-order chi connectivity index (χ1) is 9.06. The first-order valence-electron chi connectivity index (χ1n) is 5.68. The molecule has 2 aromatic carbocycles. The highest BCUT2D eigenvalue weighted by molar-refractivity contribution is 6.33. The molecule has 0 unspecified atom stereocenters. The van der Waals surface area contributed by atoms with E-state index < -0.39 is 0 Å². The van der Waals surface area contributed by atoms with Crippen molar-refractivity contribution in [3.8, 4) is 5.75 Å².